The first kappa shape index (κ1) is 21.8. The summed E-state index contributed by atoms with van der Waals surface area (Å²) in [7, 11) is 3.19. The van der Waals surface area contributed by atoms with E-state index in [0.717, 1.165) is 6.07 Å². The van der Waals surface area contributed by atoms with Gasteiger partial charge in [0.15, 0.2) is 22.5 Å². The van der Waals surface area contributed by atoms with Gasteiger partial charge in [-0.1, -0.05) is 11.3 Å². The van der Waals surface area contributed by atoms with E-state index >= 15 is 0 Å². The fourth-order valence-corrected chi connectivity index (χ4v) is 3.73. The Hall–Kier alpha value is -3.38. The number of hydrogen-bond donors (Lipinski definition) is 1. The molecule has 168 valence electrons. The number of ether oxygens (including phenoxy) is 2. The summed E-state index contributed by atoms with van der Waals surface area (Å²) < 4.78 is 25.9. The SMILES string of the molecule is C[C@@H]1CN(c2nc(Oc3ccc(C(=O)N(C)C)cc3F)nc(-c3cnc(N)s3)n2)CCO1. The molecule has 1 aromatic carbocycles. The molecule has 10 nitrogen and oxygen atoms in total. The van der Waals surface area contributed by atoms with E-state index in [0.29, 0.717) is 41.5 Å². The Morgan fingerprint density at radius 3 is 2.81 bits per heavy atom. The van der Waals surface area contributed by atoms with Crippen LogP contribution in [0.3, 0.4) is 0 Å². The third-order valence-electron chi connectivity index (χ3n) is 4.66. The molecule has 1 aliphatic heterocycles. The van der Waals surface area contributed by atoms with Gasteiger partial charge in [-0.3, -0.25) is 4.79 Å². The van der Waals surface area contributed by atoms with Crippen molar-refractivity contribution in [2.24, 2.45) is 0 Å². The van der Waals surface area contributed by atoms with Crippen molar-refractivity contribution >= 4 is 28.3 Å². The number of halogens is 1. The van der Waals surface area contributed by atoms with Crippen LogP contribution in [0.5, 0.6) is 11.8 Å². The van der Waals surface area contributed by atoms with Crippen molar-refractivity contribution in [3.63, 3.8) is 0 Å². The Labute approximate surface area is 187 Å². The lowest BCUT2D eigenvalue weighted by atomic mass is 10.2. The zero-order valence-corrected chi connectivity index (χ0v) is 18.6. The second-order valence-corrected chi connectivity index (χ2v) is 8.44. The summed E-state index contributed by atoms with van der Waals surface area (Å²) >= 11 is 1.22. The number of thiazole rings is 1. The minimum atomic E-state index is -0.705. The van der Waals surface area contributed by atoms with Crippen LogP contribution in [-0.4, -0.2) is 70.6 Å². The van der Waals surface area contributed by atoms with Crippen LogP contribution in [0.2, 0.25) is 0 Å². The number of nitrogens with two attached hydrogens (primary N) is 1. The predicted octanol–water partition coefficient (Wildman–Crippen LogP) is 2.44. The number of anilines is 2. The molecule has 0 saturated carbocycles. The summed E-state index contributed by atoms with van der Waals surface area (Å²) in [5.41, 5.74) is 5.96. The minimum Gasteiger partial charge on any atom is -0.421 e. The number of benzene rings is 1. The van der Waals surface area contributed by atoms with Crippen molar-refractivity contribution in [3.8, 4) is 22.5 Å². The van der Waals surface area contributed by atoms with Crippen LogP contribution in [0.25, 0.3) is 10.7 Å². The van der Waals surface area contributed by atoms with E-state index in [9.17, 15) is 9.18 Å². The molecule has 2 aromatic heterocycles. The average Bonchev–Trinajstić information content (AvgIpc) is 3.21. The fourth-order valence-electron chi connectivity index (χ4n) is 3.11. The molecule has 1 fully saturated rings. The number of carbonyl (C=O) groups excluding carboxylic acids is 1. The van der Waals surface area contributed by atoms with Crippen LogP contribution in [-0.2, 0) is 4.74 Å². The van der Waals surface area contributed by atoms with E-state index in [4.69, 9.17) is 15.2 Å². The van der Waals surface area contributed by atoms with Gasteiger partial charge in [0.1, 0.15) is 0 Å². The highest BCUT2D eigenvalue weighted by Gasteiger charge is 2.23. The van der Waals surface area contributed by atoms with Gasteiger partial charge in [0, 0.05) is 32.7 Å². The third kappa shape index (κ3) is 4.75. The molecule has 0 spiro atoms. The summed E-state index contributed by atoms with van der Waals surface area (Å²) in [5, 5.41) is 0.372. The average molecular weight is 460 g/mol. The van der Waals surface area contributed by atoms with Gasteiger partial charge in [-0.05, 0) is 25.1 Å². The lowest BCUT2D eigenvalue weighted by Gasteiger charge is -2.31. The van der Waals surface area contributed by atoms with E-state index in [2.05, 4.69) is 19.9 Å². The number of morpholine rings is 1. The molecule has 0 bridgehead atoms. The summed E-state index contributed by atoms with van der Waals surface area (Å²) in [6.07, 6.45) is 1.57. The highest BCUT2D eigenvalue weighted by atomic mass is 32.1. The Morgan fingerprint density at radius 1 is 1.34 bits per heavy atom. The number of rotatable bonds is 5. The molecule has 12 heteroatoms. The molecule has 1 amide bonds. The molecule has 32 heavy (non-hydrogen) atoms. The molecular weight excluding hydrogens is 437 g/mol. The van der Waals surface area contributed by atoms with Crippen LogP contribution >= 0.6 is 11.3 Å². The first-order valence-electron chi connectivity index (χ1n) is 9.83. The highest BCUT2D eigenvalue weighted by molar-refractivity contribution is 7.18. The van der Waals surface area contributed by atoms with E-state index < -0.39 is 5.82 Å². The van der Waals surface area contributed by atoms with E-state index in [1.807, 2.05) is 11.8 Å². The van der Waals surface area contributed by atoms with Gasteiger partial charge in [-0.2, -0.15) is 15.0 Å². The Morgan fingerprint density at radius 2 is 2.16 bits per heavy atom. The molecule has 0 radical (unpaired) electrons. The minimum absolute atomic E-state index is 0.00612. The molecule has 0 unspecified atom stereocenters. The Bertz CT molecular complexity index is 1140. The molecule has 4 rings (SSSR count). The highest BCUT2D eigenvalue weighted by Crippen LogP contribution is 2.30. The molecule has 2 N–H and O–H groups in total. The van der Waals surface area contributed by atoms with Crippen LogP contribution < -0.4 is 15.4 Å². The zero-order valence-electron chi connectivity index (χ0n) is 17.8. The summed E-state index contributed by atoms with van der Waals surface area (Å²) in [5.74, 6) is -0.430. The maximum absolute atomic E-state index is 14.7. The number of aromatic nitrogens is 4. The second-order valence-electron chi connectivity index (χ2n) is 7.38. The van der Waals surface area contributed by atoms with Crippen LogP contribution in [0, 0.1) is 5.82 Å². The molecule has 1 saturated heterocycles. The second kappa shape index (κ2) is 9.01. The molecule has 1 aliphatic rings. The summed E-state index contributed by atoms with van der Waals surface area (Å²) in [6, 6.07) is 3.89. The summed E-state index contributed by atoms with van der Waals surface area (Å²) in [6.45, 7) is 3.67. The maximum atomic E-state index is 14.7. The van der Waals surface area contributed by atoms with Crippen LogP contribution in [0.15, 0.2) is 24.4 Å². The topological polar surface area (TPSA) is 120 Å². The maximum Gasteiger partial charge on any atom is 0.327 e. The van der Waals surface area contributed by atoms with Crippen molar-refractivity contribution in [3.05, 3.63) is 35.8 Å². The van der Waals surface area contributed by atoms with Crippen LogP contribution in [0.4, 0.5) is 15.5 Å². The van der Waals surface area contributed by atoms with Crippen molar-refractivity contribution in [2.45, 2.75) is 13.0 Å². The first-order chi connectivity index (χ1) is 15.3. The quantitative estimate of drug-likeness (QED) is 0.613. The van der Waals surface area contributed by atoms with Gasteiger partial charge < -0.3 is 25.0 Å². The Kier molecular flexibility index (Phi) is 6.15. The molecule has 1 atom stereocenters. The number of nitrogens with zero attached hydrogens (tertiary/aromatic N) is 6. The predicted molar refractivity (Wildman–Crippen MR) is 117 cm³/mol. The number of nitrogen functional groups attached to an aromatic ring is 1. The zero-order chi connectivity index (χ0) is 22.8. The van der Waals surface area contributed by atoms with Gasteiger partial charge in [0.25, 0.3) is 5.91 Å². The van der Waals surface area contributed by atoms with Crippen molar-refractivity contribution in [1.82, 2.24) is 24.8 Å². The normalized spacial score (nSPS) is 16.1. The van der Waals surface area contributed by atoms with E-state index in [-0.39, 0.29) is 29.3 Å². The standard InChI is InChI=1S/C20H22FN7O3S/c1-11-10-28(6-7-30-11)19-24-16(15-9-23-18(22)32-15)25-20(26-19)31-14-5-4-12(8-13(14)21)17(29)27(2)3/h4-5,8-9,11H,6-7,10H2,1-3H3,(H2,22,23)/t11-/m1/s1. The van der Waals surface area contributed by atoms with E-state index in [1.165, 1.54) is 28.4 Å². The number of carbonyl (C=O) groups is 1. The van der Waals surface area contributed by atoms with Crippen molar-refractivity contribution in [2.75, 3.05) is 44.4 Å². The summed E-state index contributed by atoms with van der Waals surface area (Å²) in [4.78, 5) is 33.3. The number of hydrogen-bond acceptors (Lipinski definition) is 10. The van der Waals surface area contributed by atoms with Gasteiger partial charge in [-0.25, -0.2) is 9.37 Å². The molecular formula is C20H22FN7O3S. The molecule has 3 aromatic rings. The van der Waals surface area contributed by atoms with E-state index in [1.54, 1.807) is 20.3 Å². The van der Waals surface area contributed by atoms with Gasteiger partial charge in [-0.15, -0.1) is 0 Å². The Balaban J connectivity index is 1.68. The number of amides is 1. The lowest BCUT2D eigenvalue weighted by molar-refractivity contribution is 0.0526. The molecule has 0 aliphatic carbocycles. The lowest BCUT2D eigenvalue weighted by Crippen LogP contribution is -2.42. The van der Waals surface area contributed by atoms with Crippen molar-refractivity contribution < 1.29 is 18.7 Å². The smallest absolute Gasteiger partial charge is 0.327 e. The van der Waals surface area contributed by atoms with Gasteiger partial charge in [0.2, 0.25) is 5.95 Å². The van der Waals surface area contributed by atoms with Crippen LogP contribution in [0.1, 0.15) is 17.3 Å². The monoisotopic (exact) mass is 459 g/mol. The van der Waals surface area contributed by atoms with Gasteiger partial charge >= 0.3 is 6.01 Å². The fraction of sp³-hybridized carbons (Fsp3) is 0.350. The van der Waals surface area contributed by atoms with Gasteiger partial charge in [0.05, 0.1) is 23.8 Å². The molecule has 3 heterocycles. The van der Waals surface area contributed by atoms with Crippen molar-refractivity contribution in [1.29, 1.82) is 0 Å². The third-order valence-corrected chi connectivity index (χ3v) is 5.48. The largest absolute Gasteiger partial charge is 0.421 e. The first-order valence-corrected chi connectivity index (χ1v) is 10.6.